The van der Waals surface area contributed by atoms with Gasteiger partial charge >= 0.3 is 0 Å². The van der Waals surface area contributed by atoms with Crippen molar-refractivity contribution in [2.45, 2.75) is 33.4 Å². The Morgan fingerprint density at radius 2 is 1.85 bits per heavy atom. The molecule has 0 aliphatic carbocycles. The summed E-state index contributed by atoms with van der Waals surface area (Å²) in [6.07, 6.45) is 1.80. The lowest BCUT2D eigenvalue weighted by molar-refractivity contribution is 0.244. The van der Waals surface area contributed by atoms with E-state index in [1.807, 2.05) is 29.7 Å². The summed E-state index contributed by atoms with van der Waals surface area (Å²) in [5.41, 5.74) is 2.73. The van der Waals surface area contributed by atoms with Crippen molar-refractivity contribution in [3.8, 4) is 0 Å². The van der Waals surface area contributed by atoms with Crippen LogP contribution in [0.1, 0.15) is 32.4 Å². The minimum Gasteiger partial charge on any atom is -0.396 e. The molecule has 7 heteroatoms. The van der Waals surface area contributed by atoms with Gasteiger partial charge in [0.1, 0.15) is 0 Å². The monoisotopic (exact) mass is 354 g/mol. The molecule has 26 heavy (non-hydrogen) atoms. The van der Waals surface area contributed by atoms with E-state index < -0.39 is 0 Å². The van der Waals surface area contributed by atoms with Crippen LogP contribution in [0.2, 0.25) is 0 Å². The number of aliphatic hydroxyl groups excluding tert-OH is 1. The molecule has 3 N–H and O–H groups in total. The first-order valence-electron chi connectivity index (χ1n) is 8.95. The highest BCUT2D eigenvalue weighted by Gasteiger charge is 2.15. The van der Waals surface area contributed by atoms with Crippen molar-refractivity contribution in [2.75, 3.05) is 23.8 Å². The Bertz CT molecular complexity index is 846. The first-order valence-corrected chi connectivity index (χ1v) is 8.95. The summed E-state index contributed by atoms with van der Waals surface area (Å²) in [6, 6.07) is 10.4. The van der Waals surface area contributed by atoms with Crippen molar-refractivity contribution in [3.63, 3.8) is 0 Å². The van der Waals surface area contributed by atoms with Gasteiger partial charge in [0.05, 0.1) is 6.33 Å². The van der Waals surface area contributed by atoms with Crippen LogP contribution in [-0.4, -0.2) is 37.8 Å². The lowest BCUT2D eigenvalue weighted by Crippen LogP contribution is -2.17. The van der Waals surface area contributed by atoms with Crippen LogP contribution in [0, 0.1) is 5.92 Å². The first kappa shape index (κ1) is 18.1. The minimum absolute atomic E-state index is 0.123. The van der Waals surface area contributed by atoms with Crippen molar-refractivity contribution < 1.29 is 5.11 Å². The molecule has 3 rings (SSSR count). The number of anilines is 2. The lowest BCUT2D eigenvalue weighted by Gasteiger charge is -2.13. The van der Waals surface area contributed by atoms with Crippen molar-refractivity contribution in [1.82, 2.24) is 19.5 Å². The van der Waals surface area contributed by atoms with E-state index in [2.05, 4.69) is 51.6 Å². The molecule has 2 heterocycles. The molecule has 1 atom stereocenters. The van der Waals surface area contributed by atoms with Gasteiger partial charge in [0.15, 0.2) is 17.0 Å². The number of aliphatic hydroxyl groups is 1. The normalized spacial score (nSPS) is 12.5. The number of benzene rings is 1. The van der Waals surface area contributed by atoms with Gasteiger partial charge < -0.3 is 20.3 Å². The molecule has 0 spiro atoms. The molecular formula is C19H26N6O. The zero-order chi connectivity index (χ0) is 18.5. The Balaban J connectivity index is 1.91. The SMILES string of the molecule is CC(CO)CNc1nc(NCc2ccccc2)c2ncn(C(C)C)c2n1. The Labute approximate surface area is 153 Å². The van der Waals surface area contributed by atoms with Gasteiger partial charge in [-0.05, 0) is 25.3 Å². The number of hydrogen-bond donors (Lipinski definition) is 3. The van der Waals surface area contributed by atoms with Gasteiger partial charge in [0, 0.05) is 25.7 Å². The van der Waals surface area contributed by atoms with Crippen LogP contribution in [0.15, 0.2) is 36.7 Å². The van der Waals surface area contributed by atoms with Gasteiger partial charge in [0.25, 0.3) is 0 Å². The predicted molar refractivity (Wildman–Crippen MR) is 104 cm³/mol. The molecule has 1 aromatic carbocycles. The molecule has 3 aromatic rings. The van der Waals surface area contributed by atoms with E-state index in [0.717, 1.165) is 11.2 Å². The minimum atomic E-state index is 0.123. The average molecular weight is 354 g/mol. The second-order valence-electron chi connectivity index (χ2n) is 6.82. The smallest absolute Gasteiger partial charge is 0.226 e. The van der Waals surface area contributed by atoms with Gasteiger partial charge in [-0.3, -0.25) is 0 Å². The molecule has 0 radical (unpaired) electrons. The summed E-state index contributed by atoms with van der Waals surface area (Å²) in [5.74, 6) is 1.37. The van der Waals surface area contributed by atoms with Crippen molar-refractivity contribution in [3.05, 3.63) is 42.2 Å². The summed E-state index contributed by atoms with van der Waals surface area (Å²) >= 11 is 0. The van der Waals surface area contributed by atoms with E-state index in [0.29, 0.717) is 24.9 Å². The highest BCUT2D eigenvalue weighted by Crippen LogP contribution is 2.24. The molecular weight excluding hydrogens is 328 g/mol. The van der Waals surface area contributed by atoms with Crippen molar-refractivity contribution in [2.24, 2.45) is 5.92 Å². The van der Waals surface area contributed by atoms with Crippen LogP contribution >= 0.6 is 0 Å². The number of aromatic nitrogens is 4. The van der Waals surface area contributed by atoms with Gasteiger partial charge in [0.2, 0.25) is 5.95 Å². The molecule has 0 aliphatic rings. The van der Waals surface area contributed by atoms with E-state index in [9.17, 15) is 5.11 Å². The third kappa shape index (κ3) is 4.11. The summed E-state index contributed by atoms with van der Waals surface area (Å²) in [5, 5.41) is 15.8. The first-order chi connectivity index (χ1) is 12.6. The fourth-order valence-corrected chi connectivity index (χ4v) is 2.61. The molecule has 0 amide bonds. The van der Waals surface area contributed by atoms with Crippen LogP contribution < -0.4 is 10.6 Å². The Hall–Kier alpha value is -2.67. The van der Waals surface area contributed by atoms with E-state index in [1.54, 1.807) is 6.33 Å². The molecule has 0 saturated carbocycles. The van der Waals surface area contributed by atoms with Gasteiger partial charge in [-0.15, -0.1) is 0 Å². The molecule has 7 nitrogen and oxygen atoms in total. The van der Waals surface area contributed by atoms with Crippen LogP contribution in [0.4, 0.5) is 11.8 Å². The molecule has 0 bridgehead atoms. The second-order valence-corrected chi connectivity index (χ2v) is 6.82. The quantitative estimate of drug-likeness (QED) is 0.576. The third-order valence-electron chi connectivity index (χ3n) is 4.20. The highest BCUT2D eigenvalue weighted by molar-refractivity contribution is 5.84. The maximum Gasteiger partial charge on any atom is 0.226 e. The number of rotatable bonds is 8. The molecule has 138 valence electrons. The van der Waals surface area contributed by atoms with Crippen LogP contribution in [0.5, 0.6) is 0 Å². The summed E-state index contributed by atoms with van der Waals surface area (Å²) in [6.45, 7) is 7.56. The maximum absolute atomic E-state index is 9.23. The van der Waals surface area contributed by atoms with Crippen molar-refractivity contribution in [1.29, 1.82) is 0 Å². The third-order valence-corrected chi connectivity index (χ3v) is 4.20. The largest absolute Gasteiger partial charge is 0.396 e. The molecule has 1 unspecified atom stereocenters. The van der Waals surface area contributed by atoms with Crippen LogP contribution in [-0.2, 0) is 6.54 Å². The summed E-state index contributed by atoms with van der Waals surface area (Å²) < 4.78 is 2.03. The van der Waals surface area contributed by atoms with Crippen LogP contribution in [0.25, 0.3) is 11.2 Å². The Morgan fingerprint density at radius 3 is 2.54 bits per heavy atom. The van der Waals surface area contributed by atoms with E-state index in [4.69, 9.17) is 0 Å². The van der Waals surface area contributed by atoms with Gasteiger partial charge in [-0.2, -0.15) is 9.97 Å². The van der Waals surface area contributed by atoms with Gasteiger partial charge in [-0.1, -0.05) is 37.3 Å². The summed E-state index contributed by atoms with van der Waals surface area (Å²) in [7, 11) is 0. The number of fused-ring (bicyclic) bond motifs is 1. The van der Waals surface area contributed by atoms with Gasteiger partial charge in [-0.25, -0.2) is 4.98 Å². The Morgan fingerprint density at radius 1 is 1.08 bits per heavy atom. The molecule has 0 aliphatic heterocycles. The fraction of sp³-hybridized carbons (Fsp3) is 0.421. The Kier molecular flexibility index (Phi) is 5.68. The number of hydrogen-bond acceptors (Lipinski definition) is 6. The molecule has 0 fully saturated rings. The maximum atomic E-state index is 9.23. The van der Waals surface area contributed by atoms with Crippen molar-refractivity contribution >= 4 is 22.9 Å². The fourth-order valence-electron chi connectivity index (χ4n) is 2.61. The standard InChI is InChI=1S/C19H26N6O/c1-13(2)25-12-22-16-17(20-10-15-7-5-4-6-8-15)23-19(24-18(16)25)21-9-14(3)11-26/h4-8,12-14,26H,9-11H2,1-3H3,(H2,20,21,23,24). The second kappa shape index (κ2) is 8.14. The van der Waals surface area contributed by atoms with E-state index in [-0.39, 0.29) is 18.6 Å². The zero-order valence-corrected chi connectivity index (χ0v) is 15.5. The lowest BCUT2D eigenvalue weighted by atomic mass is 10.2. The number of nitrogens with one attached hydrogen (secondary N) is 2. The summed E-state index contributed by atoms with van der Waals surface area (Å²) in [4.78, 5) is 13.8. The van der Waals surface area contributed by atoms with E-state index >= 15 is 0 Å². The predicted octanol–water partition coefficient (Wildman–Crippen LogP) is 3.06. The number of nitrogens with zero attached hydrogens (tertiary/aromatic N) is 4. The number of imidazole rings is 1. The average Bonchev–Trinajstić information content (AvgIpc) is 3.09. The van der Waals surface area contributed by atoms with Crippen LogP contribution in [0.3, 0.4) is 0 Å². The highest BCUT2D eigenvalue weighted by atomic mass is 16.3. The van der Waals surface area contributed by atoms with E-state index in [1.165, 1.54) is 5.56 Å². The molecule has 0 saturated heterocycles. The zero-order valence-electron chi connectivity index (χ0n) is 15.5. The topological polar surface area (TPSA) is 87.9 Å². The molecule has 2 aromatic heterocycles.